The summed E-state index contributed by atoms with van der Waals surface area (Å²) in [5, 5.41) is 0. The maximum Gasteiger partial charge on any atom is 0.309 e. The number of aryl methyl sites for hydroxylation is 1. The van der Waals surface area contributed by atoms with Crippen LogP contribution in [0.5, 0.6) is 0 Å². The Labute approximate surface area is 136 Å². The van der Waals surface area contributed by atoms with Crippen molar-refractivity contribution in [3.63, 3.8) is 0 Å². The zero-order chi connectivity index (χ0) is 16.6. The minimum atomic E-state index is -0.247. The first-order valence-corrected chi connectivity index (χ1v) is 7.93. The molecular weight excluding hydrogens is 290 g/mol. The smallest absolute Gasteiger partial charge is 0.309 e. The van der Waals surface area contributed by atoms with E-state index in [-0.39, 0.29) is 24.3 Å². The molecule has 1 aromatic heterocycles. The van der Waals surface area contributed by atoms with E-state index in [1.807, 2.05) is 61.7 Å². The topological polar surface area (TPSA) is 48.3 Å². The van der Waals surface area contributed by atoms with E-state index < -0.39 is 0 Å². The van der Waals surface area contributed by atoms with Crippen molar-refractivity contribution in [1.82, 2.24) is 4.57 Å². The largest absolute Gasteiger partial charge is 0.457 e. The van der Waals surface area contributed by atoms with Crippen LogP contribution in [0.4, 0.5) is 0 Å². The fourth-order valence-corrected chi connectivity index (χ4v) is 2.99. The lowest BCUT2D eigenvalue weighted by molar-refractivity contribution is -0.144. The van der Waals surface area contributed by atoms with Gasteiger partial charge >= 0.3 is 5.97 Å². The van der Waals surface area contributed by atoms with Gasteiger partial charge < -0.3 is 9.30 Å². The van der Waals surface area contributed by atoms with Crippen LogP contribution in [-0.4, -0.2) is 22.9 Å². The van der Waals surface area contributed by atoms with Crippen molar-refractivity contribution in [2.45, 2.75) is 27.2 Å². The molecule has 2 unspecified atom stereocenters. The quantitative estimate of drug-likeness (QED) is 0.627. The second-order valence-electron chi connectivity index (χ2n) is 6.31. The number of nitrogens with zero attached hydrogens (tertiary/aromatic N) is 1. The number of ether oxygens (including phenoxy) is 1. The van der Waals surface area contributed by atoms with E-state index in [4.69, 9.17) is 4.74 Å². The molecule has 2 atom stereocenters. The van der Waals surface area contributed by atoms with Gasteiger partial charge in [-0.05, 0) is 44.4 Å². The van der Waals surface area contributed by atoms with Crippen LogP contribution in [0.15, 0.2) is 36.4 Å². The molecule has 0 aliphatic heterocycles. The van der Waals surface area contributed by atoms with Crippen molar-refractivity contribution in [2.24, 2.45) is 11.8 Å². The molecule has 0 spiro atoms. The van der Waals surface area contributed by atoms with Gasteiger partial charge in [0.25, 0.3) is 0 Å². The third-order valence-electron chi connectivity index (χ3n) is 4.50. The van der Waals surface area contributed by atoms with Gasteiger partial charge in [0.2, 0.25) is 5.78 Å². The van der Waals surface area contributed by atoms with Crippen LogP contribution in [0.25, 0.3) is 5.69 Å². The summed E-state index contributed by atoms with van der Waals surface area (Å²) in [5.74, 6) is -0.0232. The average Bonchev–Trinajstić information content (AvgIpc) is 3.20. The monoisotopic (exact) mass is 311 g/mol. The predicted octanol–water partition coefficient (Wildman–Crippen LogP) is 3.48. The van der Waals surface area contributed by atoms with E-state index in [9.17, 15) is 9.59 Å². The van der Waals surface area contributed by atoms with Gasteiger partial charge in [-0.2, -0.15) is 0 Å². The number of benzene rings is 1. The second kappa shape index (κ2) is 6.03. The first-order chi connectivity index (χ1) is 11.0. The molecule has 1 aliphatic carbocycles. The summed E-state index contributed by atoms with van der Waals surface area (Å²) < 4.78 is 7.20. The highest BCUT2D eigenvalue weighted by atomic mass is 16.5. The number of esters is 1. The minimum Gasteiger partial charge on any atom is -0.457 e. The third kappa shape index (κ3) is 3.07. The van der Waals surface area contributed by atoms with E-state index >= 15 is 0 Å². The lowest BCUT2D eigenvalue weighted by Crippen LogP contribution is -2.16. The molecule has 23 heavy (non-hydrogen) atoms. The summed E-state index contributed by atoms with van der Waals surface area (Å²) in [5.41, 5.74) is 3.49. The van der Waals surface area contributed by atoms with Gasteiger partial charge in [0.05, 0.1) is 5.92 Å². The molecule has 4 nitrogen and oxygen atoms in total. The number of aromatic nitrogens is 1. The molecule has 0 N–H and O–H groups in total. The maximum atomic E-state index is 12.4. The minimum absolute atomic E-state index is 0.0143. The summed E-state index contributed by atoms with van der Waals surface area (Å²) in [6.45, 7) is 5.72. The van der Waals surface area contributed by atoms with Crippen LogP contribution < -0.4 is 0 Å². The molecule has 2 aromatic rings. The molecule has 0 amide bonds. The fourth-order valence-electron chi connectivity index (χ4n) is 2.99. The Morgan fingerprint density at radius 3 is 2.48 bits per heavy atom. The zero-order valence-corrected chi connectivity index (χ0v) is 13.7. The predicted molar refractivity (Wildman–Crippen MR) is 87.8 cm³/mol. The molecule has 1 aliphatic rings. The molecule has 120 valence electrons. The van der Waals surface area contributed by atoms with Crippen LogP contribution in [0.2, 0.25) is 0 Å². The number of carbonyl (C=O) groups is 2. The molecule has 1 saturated carbocycles. The van der Waals surface area contributed by atoms with E-state index in [1.54, 1.807) is 0 Å². The summed E-state index contributed by atoms with van der Waals surface area (Å²) in [7, 11) is 0. The van der Waals surface area contributed by atoms with E-state index in [2.05, 4.69) is 0 Å². The van der Waals surface area contributed by atoms with Gasteiger partial charge in [0, 0.05) is 22.6 Å². The van der Waals surface area contributed by atoms with Crippen molar-refractivity contribution in [3.05, 3.63) is 53.3 Å². The Hall–Kier alpha value is -2.36. The van der Waals surface area contributed by atoms with Gasteiger partial charge in [-0.3, -0.25) is 9.59 Å². The maximum absolute atomic E-state index is 12.4. The van der Waals surface area contributed by atoms with Crippen LogP contribution >= 0.6 is 0 Å². The fraction of sp³-hybridized carbons (Fsp3) is 0.368. The van der Waals surface area contributed by atoms with Crippen molar-refractivity contribution in [2.75, 3.05) is 6.61 Å². The highest BCUT2D eigenvalue weighted by Crippen LogP contribution is 2.38. The average molecular weight is 311 g/mol. The number of carbonyl (C=O) groups excluding carboxylic acids is 2. The Bertz CT molecular complexity index is 745. The second-order valence-corrected chi connectivity index (χ2v) is 6.31. The Morgan fingerprint density at radius 1 is 1.22 bits per heavy atom. The first kappa shape index (κ1) is 15.5. The summed E-state index contributed by atoms with van der Waals surface area (Å²) in [6, 6.07) is 11.8. The molecule has 0 bridgehead atoms. The molecule has 1 heterocycles. The number of rotatable bonds is 5. The molecule has 4 heteroatoms. The standard InChI is InChI=1S/C19H21NO3/c1-12-9-16(12)19(22)23-11-18(21)17-10-13(2)20(14(17)3)15-7-5-4-6-8-15/h4-8,10,12,16H,9,11H2,1-3H3. The van der Waals surface area contributed by atoms with Crippen LogP contribution in [0.1, 0.15) is 35.1 Å². The molecule has 1 fully saturated rings. The number of hydrogen-bond acceptors (Lipinski definition) is 3. The van der Waals surface area contributed by atoms with Gasteiger partial charge in [-0.25, -0.2) is 0 Å². The summed E-state index contributed by atoms with van der Waals surface area (Å²) in [4.78, 5) is 24.2. The molecular formula is C19H21NO3. The summed E-state index contributed by atoms with van der Waals surface area (Å²) >= 11 is 0. The van der Waals surface area contributed by atoms with Gasteiger partial charge in [-0.1, -0.05) is 25.1 Å². The Balaban J connectivity index is 1.75. The normalized spacial score (nSPS) is 19.4. The van der Waals surface area contributed by atoms with E-state index in [0.717, 1.165) is 23.5 Å². The number of Topliss-reactive ketones (excluding diaryl/α,β-unsaturated/α-hetero) is 1. The molecule has 1 aromatic carbocycles. The number of ketones is 1. The molecule has 3 rings (SSSR count). The van der Waals surface area contributed by atoms with Gasteiger partial charge in [0.1, 0.15) is 0 Å². The highest BCUT2D eigenvalue weighted by Gasteiger charge is 2.40. The van der Waals surface area contributed by atoms with Crippen molar-refractivity contribution >= 4 is 11.8 Å². The number of hydrogen-bond donors (Lipinski definition) is 0. The lowest BCUT2D eigenvalue weighted by atomic mass is 10.1. The van der Waals surface area contributed by atoms with Gasteiger partial charge in [0.15, 0.2) is 6.61 Å². The lowest BCUT2D eigenvalue weighted by Gasteiger charge is -2.09. The van der Waals surface area contributed by atoms with Crippen molar-refractivity contribution in [3.8, 4) is 5.69 Å². The van der Waals surface area contributed by atoms with Crippen molar-refractivity contribution in [1.29, 1.82) is 0 Å². The molecule has 0 saturated heterocycles. The van der Waals surface area contributed by atoms with Crippen LogP contribution in [0.3, 0.4) is 0 Å². The number of para-hydroxylation sites is 1. The highest BCUT2D eigenvalue weighted by molar-refractivity contribution is 5.99. The van der Waals surface area contributed by atoms with Crippen molar-refractivity contribution < 1.29 is 14.3 Å². The Morgan fingerprint density at radius 2 is 1.87 bits per heavy atom. The zero-order valence-electron chi connectivity index (χ0n) is 13.7. The third-order valence-corrected chi connectivity index (χ3v) is 4.50. The van der Waals surface area contributed by atoms with E-state index in [0.29, 0.717) is 11.5 Å². The van der Waals surface area contributed by atoms with Crippen LogP contribution in [0, 0.1) is 25.7 Å². The van der Waals surface area contributed by atoms with E-state index in [1.165, 1.54) is 0 Å². The molecule has 0 radical (unpaired) electrons. The summed E-state index contributed by atoms with van der Waals surface area (Å²) in [6.07, 6.45) is 0.871. The first-order valence-electron chi connectivity index (χ1n) is 7.93. The Kier molecular flexibility index (Phi) is 4.07. The van der Waals surface area contributed by atoms with Crippen LogP contribution in [-0.2, 0) is 9.53 Å². The van der Waals surface area contributed by atoms with Gasteiger partial charge in [-0.15, -0.1) is 0 Å². The SMILES string of the molecule is Cc1cc(C(=O)COC(=O)C2CC2C)c(C)n1-c1ccccc1.